The molecule has 0 saturated heterocycles. The monoisotopic (exact) mass is 1220 g/mol. The third-order valence-electron chi connectivity index (χ3n) is 14.7. The van der Waals surface area contributed by atoms with Crippen LogP contribution >= 0.6 is 0 Å². The normalized spacial score (nSPS) is 29.1. The summed E-state index contributed by atoms with van der Waals surface area (Å²) < 4.78 is 72.0. The van der Waals surface area contributed by atoms with Crippen molar-refractivity contribution in [1.29, 1.82) is 0 Å². The number of aliphatic hydroxyl groups is 6. The molecule has 5 aliphatic carbocycles. The van der Waals surface area contributed by atoms with Crippen molar-refractivity contribution >= 4 is 30.3 Å². The van der Waals surface area contributed by atoms with Gasteiger partial charge in [-0.15, -0.1) is 0 Å². The van der Waals surface area contributed by atoms with Crippen LogP contribution in [0.2, 0.25) is 0 Å². The predicted molar refractivity (Wildman–Crippen MR) is 315 cm³/mol. The van der Waals surface area contributed by atoms with Crippen LogP contribution in [0.15, 0.2) is 0 Å². The lowest BCUT2D eigenvalue weighted by Gasteiger charge is -2.21. The summed E-state index contributed by atoms with van der Waals surface area (Å²) in [5.41, 5.74) is -1.84. The van der Waals surface area contributed by atoms with Crippen LogP contribution in [-0.4, -0.2) is 165 Å². The predicted octanol–water partition coefficient (Wildman–Crippen LogP) is 9.61. The minimum absolute atomic E-state index is 0.0106. The van der Waals surface area contributed by atoms with Crippen molar-refractivity contribution in [2.45, 2.75) is 273 Å². The summed E-state index contributed by atoms with van der Waals surface area (Å²) in [6.07, 6.45) is 2.42. The fourth-order valence-electron chi connectivity index (χ4n) is 10.7. The van der Waals surface area contributed by atoms with Crippen molar-refractivity contribution < 1.29 is 92.5 Å². The first-order valence-electron chi connectivity index (χ1n) is 30.6. The van der Waals surface area contributed by atoms with E-state index in [4.69, 9.17) is 40.7 Å². The van der Waals surface area contributed by atoms with Crippen molar-refractivity contribution in [1.82, 2.24) is 26.6 Å². The maximum atomic E-state index is 11.9. The highest BCUT2D eigenvalue weighted by Gasteiger charge is 2.42. The molecular formula is C60H115F4N5O15. The Hall–Kier alpha value is -3.97. The second kappa shape index (κ2) is 39.0. The third kappa shape index (κ3) is 36.9. The van der Waals surface area contributed by atoms with E-state index in [9.17, 15) is 51.7 Å². The van der Waals surface area contributed by atoms with Crippen molar-refractivity contribution in [2.75, 3.05) is 33.6 Å². The largest absolute Gasteiger partial charge is 0.471 e. The second-order valence-electron chi connectivity index (χ2n) is 26.9. The molecule has 11 N–H and O–H groups in total. The van der Waals surface area contributed by atoms with Crippen LogP contribution in [0.1, 0.15) is 203 Å². The Bertz CT molecular complexity index is 1680. The number of hydrogen-bond donors (Lipinski definition) is 11. The topological polar surface area (TPSA) is 304 Å². The van der Waals surface area contributed by atoms with Gasteiger partial charge in [-0.3, -0.25) is 9.18 Å². The van der Waals surface area contributed by atoms with Crippen LogP contribution in [0.4, 0.5) is 36.7 Å². The SMILES string of the molecule is CC(C)(C)OC(=O)N[C@@H]1C[C@H](CO)[C@@H](O)C1.CCO.CC[C@H]1C[C@@H](NC(=O)OC(C)(C)C)C[C@@H]1C.CC[C@H]1C[C@@H](NC(=O)OC(C)(C)C)C[C@@H]1O.C[C@H]1C[C@H](NC(=O)C(F)(F)F)C[C@@H]1CO.C[C@H]1C[C@H](NC(=O)OC(C)(C)C)C[C@@H]1CO.[2H]CF. The molecule has 5 fully saturated rings. The Balaban J connectivity index is 0. The van der Waals surface area contributed by atoms with Gasteiger partial charge in [0.2, 0.25) is 0 Å². The molecule has 0 bridgehead atoms. The van der Waals surface area contributed by atoms with E-state index in [1.54, 1.807) is 27.7 Å². The lowest BCUT2D eigenvalue weighted by atomic mass is 9.96. The summed E-state index contributed by atoms with van der Waals surface area (Å²) in [4.78, 5) is 56.7. The Kier molecular flexibility index (Phi) is 37.2. The first-order chi connectivity index (χ1) is 38.9. The summed E-state index contributed by atoms with van der Waals surface area (Å²) >= 11 is 0. The minimum Gasteiger partial charge on any atom is -0.444 e. The van der Waals surface area contributed by atoms with E-state index in [0.29, 0.717) is 61.8 Å². The second-order valence-corrected chi connectivity index (χ2v) is 26.9. The molecule has 0 radical (unpaired) electrons. The van der Waals surface area contributed by atoms with Gasteiger partial charge in [0.15, 0.2) is 0 Å². The van der Waals surface area contributed by atoms with Crippen molar-refractivity contribution in [2.24, 2.45) is 47.3 Å². The maximum Gasteiger partial charge on any atom is 0.471 e. The van der Waals surface area contributed by atoms with E-state index < -0.39 is 59.9 Å². The summed E-state index contributed by atoms with van der Waals surface area (Å²) in [7, 11) is -1.00. The minimum atomic E-state index is -4.82. The molecule has 24 heteroatoms. The summed E-state index contributed by atoms with van der Waals surface area (Å²) in [6, 6.07) is -0.0834. The molecule has 498 valence electrons. The molecule has 20 nitrogen and oxygen atoms in total. The number of alkyl carbamates (subject to hydrolysis) is 4. The van der Waals surface area contributed by atoms with E-state index in [0.717, 1.165) is 44.4 Å². The molecule has 0 aromatic carbocycles. The van der Waals surface area contributed by atoms with E-state index in [1.165, 1.54) is 6.42 Å². The summed E-state index contributed by atoms with van der Waals surface area (Å²) in [5.74, 6) is 0.643. The van der Waals surface area contributed by atoms with Crippen molar-refractivity contribution in [3.63, 3.8) is 0 Å². The van der Waals surface area contributed by atoms with Gasteiger partial charge in [0, 0.05) is 62.6 Å². The molecule has 15 atom stereocenters. The Morgan fingerprint density at radius 3 is 0.869 bits per heavy atom. The average Bonchev–Trinajstić information content (AvgIpc) is 4.39. The van der Waals surface area contributed by atoms with Gasteiger partial charge in [-0.25, -0.2) is 19.2 Å². The zero-order valence-electron chi connectivity index (χ0n) is 55.1. The van der Waals surface area contributed by atoms with E-state index in [-0.39, 0.29) is 86.7 Å². The summed E-state index contributed by atoms with van der Waals surface area (Å²) in [6.45, 7) is 34.7. The number of hydrogen-bond acceptors (Lipinski definition) is 15. The zero-order chi connectivity index (χ0) is 66.4. The van der Waals surface area contributed by atoms with Gasteiger partial charge in [-0.05, 0) is 196 Å². The summed E-state index contributed by atoms with van der Waals surface area (Å²) in [5, 5.41) is 67.1. The van der Waals surface area contributed by atoms with Gasteiger partial charge in [0.1, 0.15) is 22.4 Å². The Morgan fingerprint density at radius 2 is 0.655 bits per heavy atom. The highest BCUT2D eigenvalue weighted by atomic mass is 19.4. The number of rotatable bonds is 10. The molecule has 5 rings (SSSR count). The molecule has 5 amide bonds. The molecule has 0 unspecified atom stereocenters. The molecule has 0 aromatic heterocycles. The van der Waals surface area contributed by atoms with Gasteiger partial charge in [0.05, 0.1) is 20.7 Å². The Morgan fingerprint density at radius 1 is 0.429 bits per heavy atom. The molecule has 0 aromatic rings. The van der Waals surface area contributed by atoms with Crippen LogP contribution in [0.5, 0.6) is 0 Å². The number of carbonyl (C=O) groups is 5. The van der Waals surface area contributed by atoms with Gasteiger partial charge in [-0.2, -0.15) is 13.2 Å². The number of amides is 5. The molecule has 0 spiro atoms. The molecule has 5 aliphatic rings. The fraction of sp³-hybridized carbons (Fsp3) is 0.917. The van der Waals surface area contributed by atoms with Crippen LogP contribution in [0.25, 0.3) is 0 Å². The van der Waals surface area contributed by atoms with Crippen LogP contribution in [-0.2, 0) is 23.7 Å². The average molecular weight is 1220 g/mol. The standard InChI is InChI=1S/C13H25NO2.2C12H23NO3.C11H21NO4.C9H14F3NO2.C2H6O.CH3F/c1-6-10-8-11(7-9(10)2)14-12(15)16-13(3,4)5;1-8-5-10(6-9(8)7-14)13-11(15)16-12(2,3)4;1-5-8-6-9(7-10(8)14)13-11(15)16-12(2,3)4;1-11(2,3)16-10(15)12-8-4-7(6-13)9(14)5-8;1-5-2-7(3-6(5)4-14)13-8(15)9(10,11)12;1-2-3;1-2/h9-11H,6-8H2,1-5H3,(H,14,15);2*8-10,14H,5-7H2,1-4H3,(H,13,15);7-9,13-14H,4-6H2,1-3H3,(H,12,15);5-7,14H,2-4H2,1H3,(H,13,15);3H,2H2,1H3;1H3/t9-,10-,11-;2*8-,9+,10-;7-,8-,9+;5-,6+,7-;;/m00010../s1/i;;;;;;1D. The first kappa shape index (κ1) is 80.0. The highest BCUT2D eigenvalue weighted by Crippen LogP contribution is 2.35. The maximum absolute atomic E-state index is 11.9. The van der Waals surface area contributed by atoms with Crippen molar-refractivity contribution in [3.8, 4) is 0 Å². The quantitative estimate of drug-likeness (QED) is 0.0717. The molecular weight excluding hydrogens is 1110 g/mol. The molecule has 84 heavy (non-hydrogen) atoms. The smallest absolute Gasteiger partial charge is 0.444 e. The fourth-order valence-corrected chi connectivity index (χ4v) is 10.7. The molecule has 5 saturated carbocycles. The van der Waals surface area contributed by atoms with Crippen LogP contribution in [0, 0.1) is 47.3 Å². The van der Waals surface area contributed by atoms with E-state index >= 15 is 0 Å². The van der Waals surface area contributed by atoms with Crippen LogP contribution < -0.4 is 26.6 Å². The number of halogens is 4. The molecule has 0 heterocycles. The highest BCUT2D eigenvalue weighted by molar-refractivity contribution is 5.82. The number of aliphatic hydroxyl groups excluding tert-OH is 6. The lowest BCUT2D eigenvalue weighted by Crippen LogP contribution is -2.42. The van der Waals surface area contributed by atoms with Crippen molar-refractivity contribution in [3.05, 3.63) is 0 Å². The number of carbonyl (C=O) groups excluding carboxylic acids is 5. The number of ether oxygens (including phenoxy) is 4. The van der Waals surface area contributed by atoms with Crippen LogP contribution in [0.3, 0.4) is 0 Å². The lowest BCUT2D eigenvalue weighted by molar-refractivity contribution is -0.174. The third-order valence-corrected chi connectivity index (χ3v) is 14.7. The zero-order valence-corrected chi connectivity index (χ0v) is 54.1. The molecule has 0 aliphatic heterocycles. The Labute approximate surface area is 501 Å². The number of alkyl halides is 4. The van der Waals surface area contributed by atoms with Gasteiger partial charge < -0.3 is 76.2 Å². The number of nitrogens with one attached hydrogen (secondary N) is 5. The van der Waals surface area contributed by atoms with Gasteiger partial charge in [-0.1, -0.05) is 47.5 Å². The van der Waals surface area contributed by atoms with E-state index in [2.05, 4.69) is 49.0 Å². The van der Waals surface area contributed by atoms with Gasteiger partial charge >= 0.3 is 36.5 Å². The van der Waals surface area contributed by atoms with Gasteiger partial charge in [0.25, 0.3) is 0 Å². The van der Waals surface area contributed by atoms with E-state index in [1.807, 2.05) is 74.6 Å². The first-order valence-corrected chi connectivity index (χ1v) is 29.9.